The fourth-order valence-electron chi connectivity index (χ4n) is 1.69. The Labute approximate surface area is 110 Å². The van der Waals surface area contributed by atoms with E-state index in [2.05, 4.69) is 34.0 Å². The van der Waals surface area contributed by atoms with E-state index in [-0.39, 0.29) is 12.4 Å². The van der Waals surface area contributed by atoms with Crippen LogP contribution < -0.4 is 17.7 Å². The number of halogens is 1. The molecule has 0 fully saturated rings. The summed E-state index contributed by atoms with van der Waals surface area (Å²) in [6.45, 7) is 12.4. The highest BCUT2D eigenvalue weighted by atomic mass is 35.5. The SMILES string of the molecule is CCN(CC)CCNc1cc(C)nc(C)n1.[Cl-]. The molecule has 0 unspecified atom stereocenters. The van der Waals surface area contributed by atoms with Gasteiger partial charge in [-0.3, -0.25) is 0 Å². The van der Waals surface area contributed by atoms with Gasteiger partial charge in [-0.1, -0.05) is 13.8 Å². The van der Waals surface area contributed by atoms with Crippen molar-refractivity contribution in [2.24, 2.45) is 0 Å². The first-order valence-electron chi connectivity index (χ1n) is 5.94. The summed E-state index contributed by atoms with van der Waals surface area (Å²) in [4.78, 5) is 11.0. The van der Waals surface area contributed by atoms with Gasteiger partial charge in [-0.2, -0.15) is 0 Å². The number of hydrogen-bond acceptors (Lipinski definition) is 4. The molecule has 4 nitrogen and oxygen atoms in total. The monoisotopic (exact) mass is 257 g/mol. The van der Waals surface area contributed by atoms with E-state index in [1.807, 2.05) is 19.9 Å². The van der Waals surface area contributed by atoms with Crippen molar-refractivity contribution in [1.29, 1.82) is 0 Å². The molecule has 1 aromatic heterocycles. The minimum absolute atomic E-state index is 0. The van der Waals surface area contributed by atoms with Gasteiger partial charge in [-0.15, -0.1) is 0 Å². The fraction of sp³-hybridized carbons (Fsp3) is 0.667. The van der Waals surface area contributed by atoms with E-state index in [0.717, 1.165) is 43.5 Å². The molecule has 5 heteroatoms. The molecular weight excluding hydrogens is 236 g/mol. The Morgan fingerprint density at radius 1 is 1.18 bits per heavy atom. The van der Waals surface area contributed by atoms with E-state index < -0.39 is 0 Å². The fourth-order valence-corrected chi connectivity index (χ4v) is 1.69. The topological polar surface area (TPSA) is 41.0 Å². The van der Waals surface area contributed by atoms with Gasteiger partial charge in [0.05, 0.1) is 0 Å². The Morgan fingerprint density at radius 2 is 1.82 bits per heavy atom. The second kappa shape index (κ2) is 8.25. The Morgan fingerprint density at radius 3 is 2.35 bits per heavy atom. The molecular formula is C12H22ClN4-. The lowest BCUT2D eigenvalue weighted by Gasteiger charge is -2.18. The summed E-state index contributed by atoms with van der Waals surface area (Å²) >= 11 is 0. The first-order chi connectivity index (χ1) is 7.65. The Bertz CT molecular complexity index is 306. The average molecular weight is 258 g/mol. The molecule has 1 heterocycles. The van der Waals surface area contributed by atoms with Crippen LogP contribution in [0.15, 0.2) is 6.07 Å². The lowest BCUT2D eigenvalue weighted by atomic mass is 10.4. The highest BCUT2D eigenvalue weighted by Crippen LogP contribution is 2.04. The summed E-state index contributed by atoms with van der Waals surface area (Å²) in [5.41, 5.74) is 1.01. The molecule has 1 aromatic rings. The van der Waals surface area contributed by atoms with Crippen LogP contribution in [0.5, 0.6) is 0 Å². The maximum absolute atomic E-state index is 4.34. The van der Waals surface area contributed by atoms with Gasteiger partial charge in [-0.25, -0.2) is 9.97 Å². The second-order valence-corrected chi connectivity index (χ2v) is 3.90. The maximum atomic E-state index is 4.34. The highest BCUT2D eigenvalue weighted by molar-refractivity contribution is 5.35. The highest BCUT2D eigenvalue weighted by Gasteiger charge is 2.00. The van der Waals surface area contributed by atoms with Crippen LogP contribution in [-0.2, 0) is 0 Å². The molecule has 0 bridgehead atoms. The van der Waals surface area contributed by atoms with Crippen molar-refractivity contribution < 1.29 is 12.4 Å². The number of anilines is 1. The van der Waals surface area contributed by atoms with Crippen molar-refractivity contribution >= 4 is 5.82 Å². The molecule has 0 spiro atoms. The number of hydrogen-bond donors (Lipinski definition) is 1. The summed E-state index contributed by atoms with van der Waals surface area (Å²) in [5.74, 6) is 1.75. The van der Waals surface area contributed by atoms with Crippen LogP contribution >= 0.6 is 0 Å². The van der Waals surface area contributed by atoms with Crippen LogP contribution in [0.1, 0.15) is 25.4 Å². The molecule has 0 atom stereocenters. The van der Waals surface area contributed by atoms with Crippen LogP contribution in [0.4, 0.5) is 5.82 Å². The first kappa shape index (κ1) is 16.1. The molecule has 0 aliphatic heterocycles. The van der Waals surface area contributed by atoms with Crippen molar-refractivity contribution in [2.45, 2.75) is 27.7 Å². The zero-order chi connectivity index (χ0) is 12.0. The minimum Gasteiger partial charge on any atom is -1.00 e. The van der Waals surface area contributed by atoms with Gasteiger partial charge in [0.1, 0.15) is 11.6 Å². The molecule has 0 saturated carbocycles. The van der Waals surface area contributed by atoms with Crippen molar-refractivity contribution in [3.05, 3.63) is 17.6 Å². The molecule has 0 aliphatic rings. The quantitative estimate of drug-likeness (QED) is 0.699. The van der Waals surface area contributed by atoms with E-state index in [1.54, 1.807) is 0 Å². The maximum Gasteiger partial charge on any atom is 0.129 e. The molecule has 0 saturated heterocycles. The molecule has 0 amide bonds. The van der Waals surface area contributed by atoms with Crippen molar-refractivity contribution in [3.63, 3.8) is 0 Å². The molecule has 0 aromatic carbocycles. The van der Waals surface area contributed by atoms with Gasteiger partial charge in [0.15, 0.2) is 0 Å². The Hall–Kier alpha value is -0.870. The van der Waals surface area contributed by atoms with Gasteiger partial charge in [-0.05, 0) is 26.9 Å². The zero-order valence-corrected chi connectivity index (χ0v) is 11.9. The van der Waals surface area contributed by atoms with Gasteiger partial charge in [0.2, 0.25) is 0 Å². The largest absolute Gasteiger partial charge is 1.00 e. The molecule has 17 heavy (non-hydrogen) atoms. The predicted octanol–water partition coefficient (Wildman–Crippen LogP) is -1.15. The van der Waals surface area contributed by atoms with E-state index in [4.69, 9.17) is 0 Å². The standard InChI is InChI=1S/C12H22N4.ClH/c1-5-16(6-2)8-7-13-12-9-10(3)14-11(4)15-12;/h9H,5-8H2,1-4H3,(H,13,14,15);1H/p-1. The van der Waals surface area contributed by atoms with Crippen LogP contribution in [0.2, 0.25) is 0 Å². The first-order valence-corrected chi connectivity index (χ1v) is 5.94. The Balaban J connectivity index is 0.00000256. The lowest BCUT2D eigenvalue weighted by Crippen LogP contribution is -3.00. The zero-order valence-electron chi connectivity index (χ0n) is 11.1. The van der Waals surface area contributed by atoms with E-state index in [9.17, 15) is 0 Å². The predicted molar refractivity (Wildman–Crippen MR) is 67.8 cm³/mol. The molecule has 1 N–H and O–H groups in total. The van der Waals surface area contributed by atoms with Crippen molar-refractivity contribution in [2.75, 3.05) is 31.5 Å². The van der Waals surface area contributed by atoms with Crippen LogP contribution in [-0.4, -0.2) is 41.0 Å². The van der Waals surface area contributed by atoms with E-state index >= 15 is 0 Å². The van der Waals surface area contributed by atoms with Gasteiger partial charge >= 0.3 is 0 Å². The lowest BCUT2D eigenvalue weighted by molar-refractivity contribution is -0.00000392. The van der Waals surface area contributed by atoms with Crippen LogP contribution in [0, 0.1) is 13.8 Å². The number of aryl methyl sites for hydroxylation is 2. The minimum atomic E-state index is 0. The van der Waals surface area contributed by atoms with E-state index in [1.165, 1.54) is 0 Å². The van der Waals surface area contributed by atoms with Gasteiger partial charge in [0.25, 0.3) is 0 Å². The second-order valence-electron chi connectivity index (χ2n) is 3.90. The van der Waals surface area contributed by atoms with E-state index in [0.29, 0.717) is 0 Å². The normalized spacial score (nSPS) is 10.2. The third-order valence-electron chi connectivity index (χ3n) is 2.59. The smallest absolute Gasteiger partial charge is 0.129 e. The van der Waals surface area contributed by atoms with Crippen molar-refractivity contribution in [1.82, 2.24) is 14.9 Å². The van der Waals surface area contributed by atoms with Crippen LogP contribution in [0.3, 0.4) is 0 Å². The number of aromatic nitrogens is 2. The van der Waals surface area contributed by atoms with Gasteiger partial charge < -0.3 is 22.6 Å². The number of nitrogens with one attached hydrogen (secondary N) is 1. The summed E-state index contributed by atoms with van der Waals surface area (Å²) in [6.07, 6.45) is 0. The van der Waals surface area contributed by atoms with Gasteiger partial charge in [0, 0.05) is 24.8 Å². The molecule has 0 radical (unpaired) electrons. The number of nitrogens with zero attached hydrogens (tertiary/aromatic N) is 3. The summed E-state index contributed by atoms with van der Waals surface area (Å²) in [7, 11) is 0. The molecule has 0 aliphatic carbocycles. The third-order valence-corrected chi connectivity index (χ3v) is 2.59. The van der Waals surface area contributed by atoms with Crippen molar-refractivity contribution in [3.8, 4) is 0 Å². The number of likely N-dealkylation sites (N-methyl/N-ethyl adjacent to an activating group) is 1. The summed E-state index contributed by atoms with van der Waals surface area (Å²) in [6, 6.07) is 1.98. The third kappa shape index (κ3) is 5.84. The average Bonchev–Trinajstić information content (AvgIpc) is 2.23. The number of rotatable bonds is 6. The Kier molecular flexibility index (Phi) is 7.83. The molecule has 1 rings (SSSR count). The summed E-state index contributed by atoms with van der Waals surface area (Å²) < 4.78 is 0. The van der Waals surface area contributed by atoms with Crippen LogP contribution in [0.25, 0.3) is 0 Å². The molecule has 98 valence electrons. The summed E-state index contributed by atoms with van der Waals surface area (Å²) in [5, 5.41) is 3.33.